The van der Waals surface area contributed by atoms with E-state index in [-0.39, 0.29) is 18.1 Å². The zero-order valence-corrected chi connectivity index (χ0v) is 18.4. The molecule has 0 aliphatic rings. The number of H-pyrrole nitrogens is 2. The second kappa shape index (κ2) is 9.26. The summed E-state index contributed by atoms with van der Waals surface area (Å²) < 4.78 is 26.3. The summed E-state index contributed by atoms with van der Waals surface area (Å²) in [5.74, 6) is 0.800. The summed E-state index contributed by atoms with van der Waals surface area (Å²) in [5, 5.41) is 3.34. The molecule has 0 saturated carbocycles. The van der Waals surface area contributed by atoms with E-state index in [1.165, 1.54) is 6.07 Å². The van der Waals surface area contributed by atoms with Crippen molar-refractivity contribution in [3.05, 3.63) is 86.5 Å². The number of anilines is 1. The van der Waals surface area contributed by atoms with E-state index < -0.39 is 0 Å². The van der Waals surface area contributed by atoms with Gasteiger partial charge in [0.1, 0.15) is 12.4 Å². The first-order valence-corrected chi connectivity index (χ1v) is 10.6. The van der Waals surface area contributed by atoms with E-state index in [0.717, 1.165) is 26.8 Å². The Labute approximate surface area is 186 Å². The van der Waals surface area contributed by atoms with Crippen LogP contribution in [0.5, 0.6) is 11.5 Å². The predicted octanol–water partition coefficient (Wildman–Crippen LogP) is 5.35. The van der Waals surface area contributed by atoms with Crippen LogP contribution in [0.2, 0.25) is 0 Å². The van der Waals surface area contributed by atoms with E-state index in [2.05, 4.69) is 31.2 Å². The summed E-state index contributed by atoms with van der Waals surface area (Å²) >= 11 is 3.55. The average Bonchev–Trinajstić information content (AvgIpc) is 3.12. The Bertz CT molecular complexity index is 1270. The summed E-state index contributed by atoms with van der Waals surface area (Å²) in [6.07, 6.45) is 0. The van der Waals surface area contributed by atoms with Crippen LogP contribution >= 0.6 is 15.9 Å². The van der Waals surface area contributed by atoms with Gasteiger partial charge in [0.2, 0.25) is 0 Å². The SMILES string of the molecule is CCOc1cc(CNc2ccc3[nH]c(=O)[nH]c3c2)cc(Br)c1OCc1ccccc1F. The van der Waals surface area contributed by atoms with Crippen LogP contribution in [0.15, 0.2) is 63.9 Å². The molecular formula is C23H21BrFN3O3. The molecule has 0 aliphatic heterocycles. The Hall–Kier alpha value is -3.26. The number of aromatic nitrogens is 2. The van der Waals surface area contributed by atoms with E-state index in [9.17, 15) is 9.18 Å². The normalized spacial score (nSPS) is 10.9. The van der Waals surface area contributed by atoms with Gasteiger partial charge in [-0.05, 0) is 64.8 Å². The molecule has 4 aromatic rings. The fourth-order valence-corrected chi connectivity index (χ4v) is 3.84. The van der Waals surface area contributed by atoms with E-state index in [1.807, 2.05) is 37.3 Å². The fraction of sp³-hybridized carbons (Fsp3) is 0.174. The van der Waals surface area contributed by atoms with Gasteiger partial charge in [0.05, 0.1) is 22.1 Å². The third-order valence-corrected chi connectivity index (χ3v) is 5.30. The lowest BCUT2D eigenvalue weighted by atomic mass is 10.2. The number of hydrogen-bond acceptors (Lipinski definition) is 4. The molecule has 0 aliphatic carbocycles. The van der Waals surface area contributed by atoms with Crippen LogP contribution in [0.1, 0.15) is 18.1 Å². The van der Waals surface area contributed by atoms with Crippen LogP contribution < -0.4 is 20.5 Å². The topological polar surface area (TPSA) is 79.1 Å². The Balaban J connectivity index is 1.51. The maximum atomic E-state index is 13.9. The Morgan fingerprint density at radius 2 is 1.84 bits per heavy atom. The molecule has 4 rings (SSSR count). The highest BCUT2D eigenvalue weighted by Crippen LogP contribution is 2.38. The van der Waals surface area contributed by atoms with Crippen molar-refractivity contribution in [1.29, 1.82) is 0 Å². The average molecular weight is 486 g/mol. The number of fused-ring (bicyclic) bond motifs is 1. The molecular weight excluding hydrogens is 465 g/mol. The smallest absolute Gasteiger partial charge is 0.323 e. The molecule has 1 heterocycles. The van der Waals surface area contributed by atoms with Crippen molar-refractivity contribution in [3.8, 4) is 11.5 Å². The molecule has 3 aromatic carbocycles. The lowest BCUT2D eigenvalue weighted by Gasteiger charge is -2.16. The van der Waals surface area contributed by atoms with Gasteiger partial charge in [0.25, 0.3) is 0 Å². The molecule has 0 fully saturated rings. The summed E-state index contributed by atoms with van der Waals surface area (Å²) in [7, 11) is 0. The molecule has 31 heavy (non-hydrogen) atoms. The van der Waals surface area contributed by atoms with Crippen molar-refractivity contribution in [3.63, 3.8) is 0 Å². The van der Waals surface area contributed by atoms with Crippen molar-refractivity contribution in [2.24, 2.45) is 0 Å². The van der Waals surface area contributed by atoms with Gasteiger partial charge in [0.15, 0.2) is 11.5 Å². The summed E-state index contributed by atoms with van der Waals surface area (Å²) in [4.78, 5) is 16.9. The fourth-order valence-electron chi connectivity index (χ4n) is 3.24. The zero-order chi connectivity index (χ0) is 21.8. The van der Waals surface area contributed by atoms with Gasteiger partial charge in [-0.25, -0.2) is 9.18 Å². The van der Waals surface area contributed by atoms with Crippen LogP contribution in [-0.2, 0) is 13.2 Å². The van der Waals surface area contributed by atoms with Crippen molar-refractivity contribution >= 4 is 32.7 Å². The van der Waals surface area contributed by atoms with Crippen molar-refractivity contribution in [2.75, 3.05) is 11.9 Å². The van der Waals surface area contributed by atoms with Crippen LogP contribution in [0, 0.1) is 5.82 Å². The molecule has 0 amide bonds. The van der Waals surface area contributed by atoms with E-state index in [4.69, 9.17) is 9.47 Å². The Morgan fingerprint density at radius 3 is 2.65 bits per heavy atom. The highest BCUT2D eigenvalue weighted by molar-refractivity contribution is 9.10. The van der Waals surface area contributed by atoms with Gasteiger partial charge < -0.3 is 24.8 Å². The van der Waals surface area contributed by atoms with Crippen LogP contribution in [0.4, 0.5) is 10.1 Å². The second-order valence-corrected chi connectivity index (χ2v) is 7.77. The molecule has 0 bridgehead atoms. The summed E-state index contributed by atoms with van der Waals surface area (Å²) in [6.45, 7) is 2.99. The minimum absolute atomic E-state index is 0.0951. The van der Waals surface area contributed by atoms with Crippen molar-refractivity contribution in [2.45, 2.75) is 20.1 Å². The van der Waals surface area contributed by atoms with Gasteiger partial charge >= 0.3 is 5.69 Å². The lowest BCUT2D eigenvalue weighted by Crippen LogP contribution is -2.04. The maximum Gasteiger partial charge on any atom is 0.323 e. The van der Waals surface area contributed by atoms with Crippen LogP contribution in [0.25, 0.3) is 11.0 Å². The van der Waals surface area contributed by atoms with Gasteiger partial charge in [-0.15, -0.1) is 0 Å². The molecule has 8 heteroatoms. The van der Waals surface area contributed by atoms with E-state index in [0.29, 0.717) is 30.2 Å². The van der Waals surface area contributed by atoms with Crippen LogP contribution in [-0.4, -0.2) is 16.6 Å². The van der Waals surface area contributed by atoms with Gasteiger partial charge in [-0.1, -0.05) is 18.2 Å². The molecule has 0 atom stereocenters. The molecule has 0 radical (unpaired) electrons. The van der Waals surface area contributed by atoms with Crippen LogP contribution in [0.3, 0.4) is 0 Å². The van der Waals surface area contributed by atoms with Crippen molar-refractivity contribution in [1.82, 2.24) is 9.97 Å². The van der Waals surface area contributed by atoms with Gasteiger partial charge in [-0.2, -0.15) is 0 Å². The number of imidazole rings is 1. The summed E-state index contributed by atoms with van der Waals surface area (Å²) in [5.41, 5.74) is 3.58. The number of benzene rings is 3. The molecule has 0 spiro atoms. The molecule has 160 valence electrons. The first-order chi connectivity index (χ1) is 15.0. The molecule has 1 aromatic heterocycles. The van der Waals surface area contributed by atoms with Gasteiger partial charge in [-0.3, -0.25) is 0 Å². The third kappa shape index (κ3) is 4.91. The van der Waals surface area contributed by atoms with Gasteiger partial charge in [0, 0.05) is 17.8 Å². The Morgan fingerprint density at radius 1 is 1.03 bits per heavy atom. The number of hydrogen-bond donors (Lipinski definition) is 3. The number of rotatable bonds is 8. The van der Waals surface area contributed by atoms with E-state index >= 15 is 0 Å². The first-order valence-electron chi connectivity index (χ1n) is 9.81. The molecule has 0 unspecified atom stereocenters. The lowest BCUT2D eigenvalue weighted by molar-refractivity contribution is 0.264. The standard InChI is InChI=1S/C23H21BrFN3O3/c1-2-30-21-10-14(12-26-16-7-8-19-20(11-16)28-23(29)27-19)9-17(24)22(21)31-13-15-5-3-4-6-18(15)25/h3-11,26H,2,12-13H2,1H3,(H2,27,28,29). The second-order valence-electron chi connectivity index (χ2n) is 6.91. The maximum absolute atomic E-state index is 13.9. The highest BCUT2D eigenvalue weighted by Gasteiger charge is 2.14. The number of ether oxygens (including phenoxy) is 2. The Kier molecular flexibility index (Phi) is 6.27. The predicted molar refractivity (Wildman–Crippen MR) is 122 cm³/mol. The number of halogens is 2. The zero-order valence-electron chi connectivity index (χ0n) is 16.8. The molecule has 6 nitrogen and oxygen atoms in total. The quantitative estimate of drug-likeness (QED) is 0.314. The summed E-state index contributed by atoms with van der Waals surface area (Å²) in [6, 6.07) is 16.0. The number of nitrogens with one attached hydrogen (secondary N) is 3. The minimum atomic E-state index is -0.307. The number of aromatic amines is 2. The monoisotopic (exact) mass is 485 g/mol. The highest BCUT2D eigenvalue weighted by atomic mass is 79.9. The van der Waals surface area contributed by atoms with E-state index in [1.54, 1.807) is 18.2 Å². The van der Waals surface area contributed by atoms with Crippen molar-refractivity contribution < 1.29 is 13.9 Å². The molecule has 3 N–H and O–H groups in total. The first kappa shape index (κ1) is 21.0. The third-order valence-electron chi connectivity index (χ3n) is 4.71. The molecule has 0 saturated heterocycles. The largest absolute Gasteiger partial charge is 0.490 e. The minimum Gasteiger partial charge on any atom is -0.490 e.